The van der Waals surface area contributed by atoms with Crippen molar-refractivity contribution in [2.24, 2.45) is 24.6 Å². The van der Waals surface area contributed by atoms with Gasteiger partial charge in [-0.25, -0.2) is 4.79 Å². The molecule has 4 aromatic rings. The van der Waals surface area contributed by atoms with Gasteiger partial charge in [0, 0.05) is 36.8 Å². The summed E-state index contributed by atoms with van der Waals surface area (Å²) in [5.74, 6) is 0.194. The number of aryl methyl sites for hydroxylation is 1. The molecule has 2 amide bonds. The number of benzene rings is 2. The molecule has 42 heavy (non-hydrogen) atoms. The van der Waals surface area contributed by atoms with Crippen molar-refractivity contribution in [1.29, 1.82) is 0 Å². The van der Waals surface area contributed by atoms with Crippen LogP contribution in [-0.2, 0) is 23.1 Å². The zero-order chi connectivity index (χ0) is 29.6. The number of nitrogens with two attached hydrogens (primary N) is 1. The number of aromatic nitrogens is 6. The Balaban J connectivity index is 1.33. The van der Waals surface area contributed by atoms with Crippen molar-refractivity contribution in [2.75, 3.05) is 11.9 Å². The first-order chi connectivity index (χ1) is 20.3. The zero-order valence-electron chi connectivity index (χ0n) is 23.2. The van der Waals surface area contributed by atoms with E-state index in [4.69, 9.17) is 5.73 Å². The van der Waals surface area contributed by atoms with Gasteiger partial charge in [0.15, 0.2) is 0 Å². The molecule has 0 spiro atoms. The van der Waals surface area contributed by atoms with Crippen molar-refractivity contribution in [3.05, 3.63) is 81.1 Å². The highest BCUT2D eigenvalue weighted by atomic mass is 16.2. The summed E-state index contributed by atoms with van der Waals surface area (Å²) in [6.45, 7) is 0.617. The number of aromatic amines is 2. The predicted molar refractivity (Wildman–Crippen MR) is 156 cm³/mol. The lowest BCUT2D eigenvalue weighted by molar-refractivity contribution is -0.130. The third kappa shape index (κ3) is 6.69. The molecule has 1 aliphatic rings. The second kappa shape index (κ2) is 12.7. The predicted octanol–water partition coefficient (Wildman–Crippen LogP) is 1.35. The molecule has 0 aliphatic heterocycles. The van der Waals surface area contributed by atoms with Crippen LogP contribution in [0.1, 0.15) is 31.2 Å². The largest absolute Gasteiger partial charge is 0.344 e. The number of tetrazole rings is 1. The number of rotatable bonds is 9. The second-order valence-corrected chi connectivity index (χ2v) is 10.6. The highest BCUT2D eigenvalue weighted by Gasteiger charge is 2.29. The number of nitrogens with one attached hydrogen (secondary N) is 4. The molecule has 13 heteroatoms. The normalized spacial score (nSPS) is 17.4. The molecule has 1 aliphatic carbocycles. The monoisotopic (exact) mass is 571 g/mol. The fourth-order valence-electron chi connectivity index (χ4n) is 5.20. The summed E-state index contributed by atoms with van der Waals surface area (Å²) in [6.07, 6.45) is 4.98. The fraction of sp³-hybridized carbons (Fsp3) is 0.345. The molecule has 1 saturated carbocycles. The SMILES string of the molecule is Cn1cc(-c2ccc(C[C@H](NC(=O)C3CCC(CN)CC3)C(=O)Nc3ccc(-c4nn[nH]n4)cc3)cc2)c(=O)[nH]c1=O. The van der Waals surface area contributed by atoms with Crippen molar-refractivity contribution in [1.82, 2.24) is 35.5 Å². The molecule has 2 aromatic carbocycles. The molecule has 2 heterocycles. The number of hydrogen-bond acceptors (Lipinski definition) is 8. The van der Waals surface area contributed by atoms with Crippen LogP contribution in [0.4, 0.5) is 5.69 Å². The Labute approximate surface area is 240 Å². The summed E-state index contributed by atoms with van der Waals surface area (Å²) in [5.41, 5.74) is 7.89. The van der Waals surface area contributed by atoms with E-state index in [2.05, 4.69) is 36.2 Å². The van der Waals surface area contributed by atoms with Crippen molar-refractivity contribution in [3.8, 4) is 22.5 Å². The lowest BCUT2D eigenvalue weighted by Crippen LogP contribution is -2.48. The Kier molecular flexibility index (Phi) is 8.67. The van der Waals surface area contributed by atoms with Gasteiger partial charge in [0.1, 0.15) is 6.04 Å². The van der Waals surface area contributed by atoms with Crippen molar-refractivity contribution in [2.45, 2.75) is 38.1 Å². The number of anilines is 1. The maximum absolute atomic E-state index is 13.5. The van der Waals surface area contributed by atoms with Crippen LogP contribution in [0.5, 0.6) is 0 Å². The molecule has 0 radical (unpaired) electrons. The van der Waals surface area contributed by atoms with E-state index >= 15 is 0 Å². The smallest absolute Gasteiger partial charge is 0.328 e. The molecule has 0 saturated heterocycles. The first kappa shape index (κ1) is 28.6. The highest BCUT2D eigenvalue weighted by molar-refractivity contribution is 5.97. The second-order valence-electron chi connectivity index (χ2n) is 10.6. The summed E-state index contributed by atoms with van der Waals surface area (Å²) in [7, 11) is 1.56. The minimum Gasteiger partial charge on any atom is -0.344 e. The van der Waals surface area contributed by atoms with Crippen LogP contribution in [0.15, 0.2) is 64.3 Å². The molecule has 0 unspecified atom stereocenters. The zero-order valence-corrected chi connectivity index (χ0v) is 23.2. The van der Waals surface area contributed by atoms with E-state index in [0.29, 0.717) is 35.1 Å². The minimum atomic E-state index is -0.839. The third-order valence-electron chi connectivity index (χ3n) is 7.75. The average Bonchev–Trinajstić information content (AvgIpc) is 3.55. The Morgan fingerprint density at radius 1 is 1.02 bits per heavy atom. The van der Waals surface area contributed by atoms with E-state index in [9.17, 15) is 19.2 Å². The molecule has 218 valence electrons. The van der Waals surface area contributed by atoms with Crippen LogP contribution in [0.2, 0.25) is 0 Å². The number of carbonyl (C=O) groups excluding carboxylic acids is 2. The van der Waals surface area contributed by atoms with Gasteiger partial charge in [-0.15, -0.1) is 10.2 Å². The molecule has 5 rings (SSSR count). The Morgan fingerprint density at radius 3 is 2.36 bits per heavy atom. The first-order valence-corrected chi connectivity index (χ1v) is 13.8. The van der Waals surface area contributed by atoms with Gasteiger partial charge < -0.3 is 20.9 Å². The highest BCUT2D eigenvalue weighted by Crippen LogP contribution is 2.28. The molecule has 6 N–H and O–H groups in total. The van der Waals surface area contributed by atoms with Crippen LogP contribution in [0, 0.1) is 11.8 Å². The first-order valence-electron chi connectivity index (χ1n) is 13.8. The van der Waals surface area contributed by atoms with E-state index in [1.165, 1.54) is 10.8 Å². The number of hydrogen-bond donors (Lipinski definition) is 5. The van der Waals surface area contributed by atoms with E-state index in [1.807, 2.05) is 0 Å². The Bertz CT molecular complexity index is 1640. The molecule has 13 nitrogen and oxygen atoms in total. The minimum absolute atomic E-state index is 0.147. The molecule has 1 fully saturated rings. The van der Waals surface area contributed by atoms with Crippen molar-refractivity contribution >= 4 is 17.5 Å². The fourth-order valence-corrected chi connectivity index (χ4v) is 5.20. The van der Waals surface area contributed by atoms with Gasteiger partial charge in [-0.2, -0.15) is 5.21 Å². The molecular formula is C29H33N9O4. The van der Waals surface area contributed by atoms with E-state index in [1.54, 1.807) is 55.6 Å². The number of H-pyrrole nitrogens is 2. The van der Waals surface area contributed by atoms with E-state index < -0.39 is 17.3 Å². The number of amides is 2. The van der Waals surface area contributed by atoms with Gasteiger partial charge in [-0.05, 0) is 78.8 Å². The molecule has 0 bridgehead atoms. The van der Waals surface area contributed by atoms with Crippen LogP contribution in [0.25, 0.3) is 22.5 Å². The van der Waals surface area contributed by atoms with Crippen molar-refractivity contribution < 1.29 is 9.59 Å². The van der Waals surface area contributed by atoms with Gasteiger partial charge in [-0.3, -0.25) is 19.4 Å². The average molecular weight is 572 g/mol. The summed E-state index contributed by atoms with van der Waals surface area (Å²) >= 11 is 0. The van der Waals surface area contributed by atoms with Crippen molar-refractivity contribution in [3.63, 3.8) is 0 Å². The molecular weight excluding hydrogens is 538 g/mol. The number of nitrogens with zero attached hydrogens (tertiary/aromatic N) is 4. The van der Waals surface area contributed by atoms with Gasteiger partial charge >= 0.3 is 5.69 Å². The quantitative estimate of drug-likeness (QED) is 0.199. The molecule has 1 atom stereocenters. The van der Waals surface area contributed by atoms with Gasteiger partial charge in [0.05, 0.1) is 5.56 Å². The van der Waals surface area contributed by atoms with Crippen LogP contribution >= 0.6 is 0 Å². The van der Waals surface area contributed by atoms with Crippen LogP contribution in [0.3, 0.4) is 0 Å². The van der Waals surface area contributed by atoms with Crippen LogP contribution < -0.4 is 27.6 Å². The van der Waals surface area contributed by atoms with Crippen LogP contribution in [-0.4, -0.2) is 54.6 Å². The lowest BCUT2D eigenvalue weighted by atomic mass is 9.81. The Hall–Kier alpha value is -4.91. The lowest BCUT2D eigenvalue weighted by Gasteiger charge is -2.28. The maximum Gasteiger partial charge on any atom is 0.328 e. The van der Waals surface area contributed by atoms with E-state index in [0.717, 1.165) is 36.8 Å². The maximum atomic E-state index is 13.5. The third-order valence-corrected chi connectivity index (χ3v) is 7.75. The van der Waals surface area contributed by atoms with Gasteiger partial charge in [0.2, 0.25) is 17.6 Å². The summed E-state index contributed by atoms with van der Waals surface area (Å²) in [4.78, 5) is 53.1. The summed E-state index contributed by atoms with van der Waals surface area (Å²) in [5, 5.41) is 19.8. The summed E-state index contributed by atoms with van der Waals surface area (Å²) in [6, 6.07) is 13.3. The standard InChI is InChI=1S/C29H33N9O4/c1-38-16-23(27(40)33-29(38)42)19-6-2-17(3-7-19)14-24(32-26(39)21-8-4-18(15-30)5-9-21)28(41)31-22-12-10-20(11-13-22)25-34-36-37-35-25/h2-3,6-7,10-13,16,18,21,24H,4-5,8-9,14-15,30H2,1H3,(H,31,41)(H,32,39)(H,33,40,42)(H,34,35,36,37)/t18?,21?,24-/m0/s1. The number of carbonyl (C=O) groups is 2. The topological polar surface area (TPSA) is 194 Å². The van der Waals surface area contributed by atoms with Gasteiger partial charge in [0.25, 0.3) is 5.56 Å². The molecule has 2 aromatic heterocycles. The Morgan fingerprint density at radius 2 is 1.71 bits per heavy atom. The van der Waals surface area contributed by atoms with Gasteiger partial charge in [-0.1, -0.05) is 24.3 Å². The summed E-state index contributed by atoms with van der Waals surface area (Å²) < 4.78 is 1.30. The van der Waals surface area contributed by atoms with E-state index in [-0.39, 0.29) is 24.2 Å².